The maximum Gasteiger partial charge on any atom is 0.0440 e. The number of hydrogen-bond donors (Lipinski definition) is 0. The Kier molecular flexibility index (Phi) is 2.76. The summed E-state index contributed by atoms with van der Waals surface area (Å²) in [6.07, 6.45) is 5.19. The van der Waals surface area contributed by atoms with E-state index in [0.717, 1.165) is 0 Å². The predicted molar refractivity (Wildman–Crippen MR) is 122 cm³/mol. The molecule has 0 N–H and O–H groups in total. The van der Waals surface area contributed by atoms with Crippen LogP contribution in [-0.4, -0.2) is 0 Å². The molecule has 1 saturated carbocycles. The van der Waals surface area contributed by atoms with Gasteiger partial charge in [0.2, 0.25) is 0 Å². The zero-order chi connectivity index (χ0) is 18.3. The molecule has 1 heteroatoms. The highest BCUT2D eigenvalue weighted by molar-refractivity contribution is 7.19. The van der Waals surface area contributed by atoms with Crippen LogP contribution in [0, 0.1) is 5.41 Å². The third kappa shape index (κ3) is 1.90. The van der Waals surface area contributed by atoms with Gasteiger partial charge in [0.05, 0.1) is 0 Å². The SMILES string of the molecule is C1=C(c2cccc3c4ccccc4c4c(-c5ccccc5)csc4c23)C12CC2. The van der Waals surface area contributed by atoms with Crippen LogP contribution < -0.4 is 0 Å². The number of allylic oxidation sites excluding steroid dienone is 2. The van der Waals surface area contributed by atoms with E-state index in [9.17, 15) is 0 Å². The Balaban J connectivity index is 1.68. The Morgan fingerprint density at radius 3 is 2.07 bits per heavy atom. The number of rotatable bonds is 2. The summed E-state index contributed by atoms with van der Waals surface area (Å²) in [7, 11) is 0. The van der Waals surface area contributed by atoms with E-state index in [1.54, 1.807) is 5.57 Å². The zero-order valence-corrected chi connectivity index (χ0v) is 16.2. The maximum atomic E-state index is 2.51. The van der Waals surface area contributed by atoms with Gasteiger partial charge in [0, 0.05) is 26.5 Å². The minimum absolute atomic E-state index is 0.464. The first kappa shape index (κ1) is 15.1. The van der Waals surface area contributed by atoms with Crippen molar-refractivity contribution in [2.75, 3.05) is 0 Å². The number of fused-ring (bicyclic) bond motifs is 6. The second-order valence-corrected chi connectivity index (χ2v) is 9.09. The molecule has 1 heterocycles. The van der Waals surface area contributed by atoms with Crippen molar-refractivity contribution in [1.82, 2.24) is 0 Å². The van der Waals surface area contributed by atoms with Crippen molar-refractivity contribution in [3.63, 3.8) is 0 Å². The summed E-state index contributed by atoms with van der Waals surface area (Å²) in [4.78, 5) is 0. The lowest BCUT2D eigenvalue weighted by Crippen LogP contribution is -1.87. The van der Waals surface area contributed by atoms with Gasteiger partial charge in [-0.3, -0.25) is 0 Å². The summed E-state index contributed by atoms with van der Waals surface area (Å²) >= 11 is 1.91. The zero-order valence-electron chi connectivity index (χ0n) is 15.4. The smallest absolute Gasteiger partial charge is 0.0440 e. The summed E-state index contributed by atoms with van der Waals surface area (Å²) in [6, 6.07) is 26.7. The van der Waals surface area contributed by atoms with E-state index in [1.807, 2.05) is 11.3 Å². The van der Waals surface area contributed by atoms with E-state index >= 15 is 0 Å². The number of benzene rings is 4. The molecular formula is C27H18S. The van der Waals surface area contributed by atoms with E-state index in [4.69, 9.17) is 0 Å². The fourth-order valence-electron chi connectivity index (χ4n) is 4.96. The average molecular weight is 375 g/mol. The molecule has 0 amide bonds. The predicted octanol–water partition coefficient (Wildman–Crippen LogP) is 8.05. The third-order valence-electron chi connectivity index (χ3n) is 6.61. The Morgan fingerprint density at radius 1 is 0.643 bits per heavy atom. The Morgan fingerprint density at radius 2 is 1.32 bits per heavy atom. The number of thiophene rings is 1. The van der Waals surface area contributed by atoms with E-state index in [-0.39, 0.29) is 0 Å². The van der Waals surface area contributed by atoms with E-state index < -0.39 is 0 Å². The van der Waals surface area contributed by atoms with Gasteiger partial charge < -0.3 is 0 Å². The van der Waals surface area contributed by atoms with Crippen LogP contribution in [0.25, 0.3) is 48.3 Å². The van der Waals surface area contributed by atoms with Crippen molar-refractivity contribution in [1.29, 1.82) is 0 Å². The third-order valence-corrected chi connectivity index (χ3v) is 7.60. The van der Waals surface area contributed by atoms with Gasteiger partial charge in [-0.2, -0.15) is 0 Å². The van der Waals surface area contributed by atoms with E-state index in [2.05, 4.69) is 84.3 Å². The van der Waals surface area contributed by atoms with E-state index in [0.29, 0.717) is 5.41 Å². The Bertz CT molecular complexity index is 1450. The van der Waals surface area contributed by atoms with Gasteiger partial charge in [0.1, 0.15) is 0 Å². The highest BCUT2D eigenvalue weighted by Gasteiger charge is 2.54. The molecule has 28 heavy (non-hydrogen) atoms. The molecule has 2 aliphatic carbocycles. The first-order chi connectivity index (χ1) is 13.9. The molecule has 132 valence electrons. The monoisotopic (exact) mass is 374 g/mol. The molecule has 0 aliphatic heterocycles. The van der Waals surface area contributed by atoms with Crippen LogP contribution in [-0.2, 0) is 0 Å². The minimum atomic E-state index is 0.464. The molecule has 2 aliphatic rings. The summed E-state index contributed by atoms with van der Waals surface area (Å²) in [6.45, 7) is 0. The largest absolute Gasteiger partial charge is 0.142 e. The highest BCUT2D eigenvalue weighted by Crippen LogP contribution is 2.69. The lowest BCUT2D eigenvalue weighted by Gasteiger charge is -2.12. The minimum Gasteiger partial charge on any atom is -0.142 e. The van der Waals surface area contributed by atoms with Crippen molar-refractivity contribution in [3.8, 4) is 11.1 Å². The standard InChI is InChI=1S/C27H18S/c1-2-7-17(8-3-1)22-16-28-26-24-20(18-9-4-5-10-19(18)25(22)26)11-6-12-21(24)23-15-27(23)13-14-27/h1-12,15-16H,13-14H2. The molecular weight excluding hydrogens is 356 g/mol. The van der Waals surface area contributed by atoms with Crippen LogP contribution in [0.3, 0.4) is 0 Å². The molecule has 4 aromatic carbocycles. The van der Waals surface area contributed by atoms with Crippen LogP contribution in [0.15, 0.2) is 84.3 Å². The maximum absolute atomic E-state index is 2.51. The second kappa shape index (κ2) is 5.12. The van der Waals surface area contributed by atoms with Gasteiger partial charge in [-0.1, -0.05) is 78.9 Å². The summed E-state index contributed by atoms with van der Waals surface area (Å²) in [5.41, 5.74) is 6.18. The van der Waals surface area contributed by atoms with Gasteiger partial charge in [-0.05, 0) is 51.1 Å². The summed E-state index contributed by atoms with van der Waals surface area (Å²) in [5, 5.41) is 9.36. The van der Waals surface area contributed by atoms with Gasteiger partial charge >= 0.3 is 0 Å². The van der Waals surface area contributed by atoms with Crippen molar-refractivity contribution in [3.05, 3.63) is 89.8 Å². The molecule has 7 rings (SSSR count). The molecule has 0 bridgehead atoms. The van der Waals surface area contributed by atoms with Crippen molar-refractivity contribution in [2.45, 2.75) is 12.8 Å². The Labute approximate surface area is 167 Å². The van der Waals surface area contributed by atoms with Gasteiger partial charge in [0.25, 0.3) is 0 Å². The van der Waals surface area contributed by atoms with Crippen molar-refractivity contribution >= 4 is 48.5 Å². The topological polar surface area (TPSA) is 0 Å². The van der Waals surface area contributed by atoms with Gasteiger partial charge in [-0.25, -0.2) is 0 Å². The summed E-state index contributed by atoms with van der Waals surface area (Å²) in [5.74, 6) is 0. The van der Waals surface area contributed by atoms with Crippen LogP contribution in [0.4, 0.5) is 0 Å². The normalized spacial score (nSPS) is 16.8. The van der Waals surface area contributed by atoms with E-state index in [1.165, 1.54) is 61.2 Å². The molecule has 0 saturated heterocycles. The lowest BCUT2D eigenvalue weighted by atomic mass is 9.91. The molecule has 0 nitrogen and oxygen atoms in total. The van der Waals surface area contributed by atoms with Crippen molar-refractivity contribution < 1.29 is 0 Å². The molecule has 1 fully saturated rings. The number of hydrogen-bond acceptors (Lipinski definition) is 1. The summed E-state index contributed by atoms with van der Waals surface area (Å²) < 4.78 is 1.44. The quantitative estimate of drug-likeness (QED) is 0.274. The van der Waals surface area contributed by atoms with Gasteiger partial charge in [-0.15, -0.1) is 11.3 Å². The molecule has 1 spiro atoms. The van der Waals surface area contributed by atoms with Gasteiger partial charge in [0.15, 0.2) is 0 Å². The molecule has 1 aromatic heterocycles. The fraction of sp³-hybridized carbons (Fsp3) is 0.111. The molecule has 5 aromatic rings. The van der Waals surface area contributed by atoms with Crippen molar-refractivity contribution in [2.24, 2.45) is 5.41 Å². The first-order valence-corrected chi connectivity index (χ1v) is 10.9. The van der Waals surface area contributed by atoms with Crippen LogP contribution in [0.5, 0.6) is 0 Å². The first-order valence-electron chi connectivity index (χ1n) is 10.00. The highest BCUT2D eigenvalue weighted by atomic mass is 32.1. The molecule has 0 atom stereocenters. The Hall–Kier alpha value is -2.90. The lowest BCUT2D eigenvalue weighted by molar-refractivity contribution is 1.02. The molecule has 0 unspecified atom stereocenters. The second-order valence-electron chi connectivity index (χ2n) is 8.21. The van der Waals surface area contributed by atoms with Crippen LogP contribution in [0.1, 0.15) is 18.4 Å². The average Bonchev–Trinajstić information content (AvgIpc) is 3.65. The van der Waals surface area contributed by atoms with Crippen LogP contribution >= 0.6 is 11.3 Å². The fourth-order valence-corrected chi connectivity index (χ4v) is 6.12. The molecule has 0 radical (unpaired) electrons. The van der Waals surface area contributed by atoms with Crippen LogP contribution in [0.2, 0.25) is 0 Å².